The Morgan fingerprint density at radius 2 is 2.31 bits per heavy atom. The fraction of sp³-hybridized carbons (Fsp3) is 0.182. The standard InChI is InChI=1S/C11H10N2O2S/c1-2-15-9-5-6-12-13-11(9)10-4-3-8(7-14)16-10/h3-7H,2H2,1H3. The molecule has 0 aliphatic carbocycles. The molecule has 4 nitrogen and oxygen atoms in total. The van der Waals surface area contributed by atoms with Gasteiger partial charge in [0.15, 0.2) is 6.29 Å². The Labute approximate surface area is 96.9 Å². The Kier molecular flexibility index (Phi) is 3.26. The van der Waals surface area contributed by atoms with E-state index in [0.29, 0.717) is 22.9 Å². The minimum atomic E-state index is 0.574. The van der Waals surface area contributed by atoms with Crippen LogP contribution in [0.5, 0.6) is 5.75 Å². The number of carbonyl (C=O) groups excluding carboxylic acids is 1. The first kappa shape index (κ1) is 10.8. The molecule has 0 aliphatic heterocycles. The van der Waals surface area contributed by atoms with E-state index in [9.17, 15) is 4.79 Å². The number of thiophene rings is 1. The molecule has 0 aliphatic rings. The van der Waals surface area contributed by atoms with Crippen molar-refractivity contribution in [1.82, 2.24) is 10.2 Å². The van der Waals surface area contributed by atoms with E-state index < -0.39 is 0 Å². The van der Waals surface area contributed by atoms with Crippen LogP contribution in [-0.4, -0.2) is 23.1 Å². The quantitative estimate of drug-likeness (QED) is 0.762. The zero-order chi connectivity index (χ0) is 11.4. The minimum absolute atomic E-state index is 0.574. The van der Waals surface area contributed by atoms with Crippen molar-refractivity contribution in [2.24, 2.45) is 0 Å². The van der Waals surface area contributed by atoms with E-state index in [4.69, 9.17) is 4.74 Å². The van der Waals surface area contributed by atoms with Gasteiger partial charge in [0.1, 0.15) is 11.4 Å². The molecule has 0 unspecified atom stereocenters. The summed E-state index contributed by atoms with van der Waals surface area (Å²) in [5.74, 6) is 0.691. The highest BCUT2D eigenvalue weighted by Crippen LogP contribution is 2.31. The third kappa shape index (κ3) is 2.09. The van der Waals surface area contributed by atoms with E-state index in [1.165, 1.54) is 11.3 Å². The smallest absolute Gasteiger partial charge is 0.160 e. The van der Waals surface area contributed by atoms with Crippen LogP contribution in [0, 0.1) is 0 Å². The number of carbonyl (C=O) groups is 1. The van der Waals surface area contributed by atoms with Gasteiger partial charge in [0.2, 0.25) is 0 Å². The summed E-state index contributed by atoms with van der Waals surface area (Å²) in [6.45, 7) is 2.49. The lowest BCUT2D eigenvalue weighted by atomic mass is 10.3. The average molecular weight is 234 g/mol. The highest BCUT2D eigenvalue weighted by atomic mass is 32.1. The van der Waals surface area contributed by atoms with E-state index in [2.05, 4.69) is 10.2 Å². The first-order valence-electron chi connectivity index (χ1n) is 4.85. The van der Waals surface area contributed by atoms with Gasteiger partial charge in [-0.15, -0.1) is 16.4 Å². The highest BCUT2D eigenvalue weighted by molar-refractivity contribution is 7.17. The maximum absolute atomic E-state index is 10.6. The van der Waals surface area contributed by atoms with Crippen LogP contribution < -0.4 is 4.74 Å². The zero-order valence-electron chi connectivity index (χ0n) is 8.71. The summed E-state index contributed by atoms with van der Waals surface area (Å²) in [5.41, 5.74) is 0.683. The lowest BCUT2D eigenvalue weighted by Crippen LogP contribution is -1.96. The topological polar surface area (TPSA) is 52.1 Å². The predicted molar refractivity (Wildman–Crippen MR) is 61.9 cm³/mol. The second kappa shape index (κ2) is 4.85. The summed E-state index contributed by atoms with van der Waals surface area (Å²) >= 11 is 1.38. The van der Waals surface area contributed by atoms with Crippen LogP contribution in [0.3, 0.4) is 0 Å². The van der Waals surface area contributed by atoms with Gasteiger partial charge in [0.25, 0.3) is 0 Å². The first-order valence-corrected chi connectivity index (χ1v) is 5.66. The molecule has 0 fully saturated rings. The Morgan fingerprint density at radius 3 is 3.00 bits per heavy atom. The SMILES string of the molecule is CCOc1ccnnc1-c1ccc(C=O)s1. The number of rotatable bonds is 4. The van der Waals surface area contributed by atoms with Crippen LogP contribution >= 0.6 is 11.3 Å². The van der Waals surface area contributed by atoms with Crippen molar-refractivity contribution in [2.45, 2.75) is 6.92 Å². The maximum Gasteiger partial charge on any atom is 0.160 e. The molecule has 2 rings (SSSR count). The van der Waals surface area contributed by atoms with E-state index in [-0.39, 0.29) is 0 Å². The van der Waals surface area contributed by atoms with Gasteiger partial charge in [-0.05, 0) is 19.1 Å². The Balaban J connectivity index is 2.42. The Bertz CT molecular complexity index is 496. The second-order valence-corrected chi connectivity index (χ2v) is 4.11. The molecular weight excluding hydrogens is 224 g/mol. The summed E-state index contributed by atoms with van der Waals surface area (Å²) in [4.78, 5) is 12.2. The number of aromatic nitrogens is 2. The molecule has 2 heterocycles. The third-order valence-corrected chi connectivity index (χ3v) is 2.98. The van der Waals surface area contributed by atoms with Gasteiger partial charge >= 0.3 is 0 Å². The van der Waals surface area contributed by atoms with Crippen LogP contribution in [0.25, 0.3) is 10.6 Å². The molecule has 0 N–H and O–H groups in total. The molecule has 0 bridgehead atoms. The van der Waals surface area contributed by atoms with Crippen LogP contribution in [0.15, 0.2) is 24.4 Å². The fourth-order valence-corrected chi connectivity index (χ4v) is 2.12. The van der Waals surface area contributed by atoms with Gasteiger partial charge in [-0.2, -0.15) is 5.10 Å². The first-order chi connectivity index (χ1) is 7.85. The number of ether oxygens (including phenoxy) is 1. The summed E-state index contributed by atoms with van der Waals surface area (Å²) in [7, 11) is 0. The third-order valence-electron chi connectivity index (χ3n) is 1.96. The van der Waals surface area contributed by atoms with Crippen molar-refractivity contribution in [3.05, 3.63) is 29.3 Å². The van der Waals surface area contributed by atoms with Gasteiger partial charge in [-0.1, -0.05) is 0 Å². The van der Waals surface area contributed by atoms with Gasteiger partial charge in [-0.3, -0.25) is 4.79 Å². The molecule has 0 radical (unpaired) electrons. The second-order valence-electron chi connectivity index (χ2n) is 3.00. The van der Waals surface area contributed by atoms with E-state index >= 15 is 0 Å². The van der Waals surface area contributed by atoms with Crippen LogP contribution in [0.1, 0.15) is 16.6 Å². The number of hydrogen-bond acceptors (Lipinski definition) is 5. The highest BCUT2D eigenvalue weighted by Gasteiger charge is 2.10. The molecule has 0 atom stereocenters. The van der Waals surface area contributed by atoms with Crippen molar-refractivity contribution in [3.63, 3.8) is 0 Å². The van der Waals surface area contributed by atoms with Crippen molar-refractivity contribution in [3.8, 4) is 16.3 Å². The maximum atomic E-state index is 10.6. The van der Waals surface area contributed by atoms with E-state index in [0.717, 1.165) is 11.2 Å². The van der Waals surface area contributed by atoms with Crippen LogP contribution in [-0.2, 0) is 0 Å². The van der Waals surface area contributed by atoms with Crippen molar-refractivity contribution < 1.29 is 9.53 Å². The zero-order valence-corrected chi connectivity index (χ0v) is 9.53. The Hall–Kier alpha value is -1.75. The molecule has 0 saturated heterocycles. The van der Waals surface area contributed by atoms with Crippen molar-refractivity contribution in [1.29, 1.82) is 0 Å². The average Bonchev–Trinajstić information content (AvgIpc) is 2.79. The largest absolute Gasteiger partial charge is 0.491 e. The summed E-state index contributed by atoms with van der Waals surface area (Å²) in [6.07, 6.45) is 2.41. The molecule has 0 aromatic carbocycles. The molecule has 82 valence electrons. The number of hydrogen-bond donors (Lipinski definition) is 0. The Morgan fingerprint density at radius 1 is 1.44 bits per heavy atom. The summed E-state index contributed by atoms with van der Waals surface area (Å²) in [5, 5.41) is 7.86. The predicted octanol–water partition coefficient (Wildman–Crippen LogP) is 2.42. The number of nitrogens with zero attached hydrogens (tertiary/aromatic N) is 2. The van der Waals surface area contributed by atoms with Gasteiger partial charge in [-0.25, -0.2) is 0 Å². The molecule has 0 saturated carbocycles. The van der Waals surface area contributed by atoms with E-state index in [1.54, 1.807) is 18.3 Å². The lowest BCUT2D eigenvalue weighted by molar-refractivity contribution is 0.112. The van der Waals surface area contributed by atoms with Gasteiger partial charge < -0.3 is 4.74 Å². The molecule has 0 amide bonds. The number of aldehydes is 1. The lowest BCUT2D eigenvalue weighted by Gasteiger charge is -2.05. The van der Waals surface area contributed by atoms with Crippen molar-refractivity contribution in [2.75, 3.05) is 6.61 Å². The monoisotopic (exact) mass is 234 g/mol. The summed E-state index contributed by atoms with van der Waals surface area (Å²) < 4.78 is 5.45. The van der Waals surface area contributed by atoms with Gasteiger partial charge in [0.05, 0.1) is 22.6 Å². The minimum Gasteiger partial charge on any atom is -0.491 e. The molecule has 0 spiro atoms. The normalized spacial score (nSPS) is 10.1. The van der Waals surface area contributed by atoms with E-state index in [1.807, 2.05) is 13.0 Å². The van der Waals surface area contributed by atoms with Crippen molar-refractivity contribution >= 4 is 17.6 Å². The molecule has 5 heteroatoms. The van der Waals surface area contributed by atoms with Crippen LogP contribution in [0.4, 0.5) is 0 Å². The van der Waals surface area contributed by atoms with Gasteiger partial charge in [0, 0.05) is 6.07 Å². The molecular formula is C11H10N2O2S. The fourth-order valence-electron chi connectivity index (χ4n) is 1.31. The molecule has 2 aromatic heterocycles. The van der Waals surface area contributed by atoms with Crippen LogP contribution in [0.2, 0.25) is 0 Å². The molecule has 2 aromatic rings. The summed E-state index contributed by atoms with van der Waals surface area (Å²) in [6, 6.07) is 5.38. The molecule has 16 heavy (non-hydrogen) atoms.